The maximum atomic E-state index is 13.4. The van der Waals surface area contributed by atoms with E-state index in [9.17, 15) is 9.18 Å². The summed E-state index contributed by atoms with van der Waals surface area (Å²) in [5.41, 5.74) is 1.66. The van der Waals surface area contributed by atoms with Crippen molar-refractivity contribution in [1.29, 1.82) is 0 Å². The molecule has 0 radical (unpaired) electrons. The summed E-state index contributed by atoms with van der Waals surface area (Å²) in [7, 11) is 2.11. The van der Waals surface area contributed by atoms with Crippen molar-refractivity contribution in [2.24, 2.45) is 5.92 Å². The van der Waals surface area contributed by atoms with Gasteiger partial charge in [0.25, 0.3) is 0 Å². The smallest absolute Gasteiger partial charge is 0.410 e. The van der Waals surface area contributed by atoms with E-state index < -0.39 is 5.60 Å². The minimum Gasteiger partial charge on any atom is -0.493 e. The van der Waals surface area contributed by atoms with Crippen molar-refractivity contribution >= 4 is 6.09 Å². The zero-order chi connectivity index (χ0) is 23.4. The van der Waals surface area contributed by atoms with Crippen molar-refractivity contribution in [3.63, 3.8) is 0 Å². The summed E-state index contributed by atoms with van der Waals surface area (Å²) in [6, 6.07) is 14.5. The molecule has 2 aliphatic heterocycles. The molecule has 1 unspecified atom stereocenters. The van der Waals surface area contributed by atoms with Gasteiger partial charge in [-0.25, -0.2) is 9.18 Å². The first kappa shape index (κ1) is 23.6. The van der Waals surface area contributed by atoms with Crippen molar-refractivity contribution in [2.75, 3.05) is 26.7 Å². The van der Waals surface area contributed by atoms with E-state index in [0.717, 1.165) is 49.2 Å². The number of ether oxygens (including phenoxy) is 2. The van der Waals surface area contributed by atoms with Crippen LogP contribution in [0.2, 0.25) is 0 Å². The lowest BCUT2D eigenvalue weighted by Gasteiger charge is -2.49. The summed E-state index contributed by atoms with van der Waals surface area (Å²) in [6.07, 6.45) is 2.93. The quantitative estimate of drug-likeness (QED) is 0.571. The highest BCUT2D eigenvalue weighted by molar-refractivity contribution is 5.70. The monoisotopic (exact) mass is 454 g/mol. The summed E-state index contributed by atoms with van der Waals surface area (Å²) in [5, 5.41) is 0. The van der Waals surface area contributed by atoms with Gasteiger partial charge in [0.05, 0.1) is 6.61 Å². The van der Waals surface area contributed by atoms with Crippen molar-refractivity contribution in [3.8, 4) is 5.75 Å². The number of rotatable bonds is 7. The lowest BCUT2D eigenvalue weighted by molar-refractivity contribution is -0.0978. The molecule has 0 saturated carbocycles. The first-order chi connectivity index (χ1) is 15.8. The van der Waals surface area contributed by atoms with Crippen LogP contribution in [0.5, 0.6) is 5.75 Å². The van der Waals surface area contributed by atoms with Crippen LogP contribution in [0, 0.1) is 11.7 Å². The van der Waals surface area contributed by atoms with E-state index in [4.69, 9.17) is 9.47 Å². The zero-order valence-corrected chi connectivity index (χ0v) is 19.9. The Morgan fingerprint density at radius 1 is 1.06 bits per heavy atom. The number of benzene rings is 2. The predicted octanol–water partition coefficient (Wildman–Crippen LogP) is 5.28. The van der Waals surface area contributed by atoms with Crippen LogP contribution in [0.1, 0.15) is 44.2 Å². The van der Waals surface area contributed by atoms with Crippen LogP contribution in [0.15, 0.2) is 48.5 Å². The largest absolute Gasteiger partial charge is 0.493 e. The van der Waals surface area contributed by atoms with Crippen LogP contribution in [-0.4, -0.2) is 54.3 Å². The molecule has 5 nitrogen and oxygen atoms in total. The molecule has 178 valence electrons. The molecule has 1 amide bonds. The number of nitrogens with zero attached hydrogens (tertiary/aromatic N) is 2. The molecule has 2 aromatic rings. The minimum atomic E-state index is -0.403. The molecular weight excluding hydrogens is 419 g/mol. The average molecular weight is 455 g/mol. The van der Waals surface area contributed by atoms with Gasteiger partial charge >= 0.3 is 6.09 Å². The van der Waals surface area contributed by atoms with Crippen molar-refractivity contribution in [1.82, 2.24) is 9.80 Å². The van der Waals surface area contributed by atoms with Gasteiger partial charge in [-0.1, -0.05) is 38.1 Å². The number of hydrogen-bond donors (Lipinski definition) is 0. The Bertz CT molecular complexity index is 921. The SMILES string of the molecule is CC(C)COc1ccc(CN2C(=O)OC3(CCN(C)CC3)CC2Cc2ccc(F)cc2)cc1. The molecule has 6 heteroatoms. The fraction of sp³-hybridized carbons (Fsp3) is 0.519. The lowest BCUT2D eigenvalue weighted by atomic mass is 9.81. The first-order valence-corrected chi connectivity index (χ1v) is 12.0. The number of carbonyl (C=O) groups excluding carboxylic acids is 1. The molecule has 0 bridgehead atoms. The van der Waals surface area contributed by atoms with E-state index in [2.05, 4.69) is 25.8 Å². The van der Waals surface area contributed by atoms with E-state index in [1.165, 1.54) is 12.1 Å². The van der Waals surface area contributed by atoms with Crippen molar-refractivity contribution < 1.29 is 18.7 Å². The van der Waals surface area contributed by atoms with E-state index in [1.807, 2.05) is 41.3 Å². The first-order valence-electron chi connectivity index (χ1n) is 12.0. The van der Waals surface area contributed by atoms with Gasteiger partial charge in [-0.2, -0.15) is 0 Å². The molecule has 2 heterocycles. The Kier molecular flexibility index (Phi) is 7.23. The molecule has 2 fully saturated rings. The van der Waals surface area contributed by atoms with E-state index in [1.54, 1.807) is 0 Å². The predicted molar refractivity (Wildman–Crippen MR) is 127 cm³/mol. The lowest BCUT2D eigenvalue weighted by Crippen LogP contribution is -2.58. The minimum absolute atomic E-state index is 0.00279. The Labute approximate surface area is 196 Å². The highest BCUT2D eigenvalue weighted by Crippen LogP contribution is 2.38. The van der Waals surface area contributed by atoms with Gasteiger partial charge in [-0.15, -0.1) is 0 Å². The third-order valence-electron chi connectivity index (χ3n) is 6.73. The summed E-state index contributed by atoms with van der Waals surface area (Å²) in [4.78, 5) is 17.4. The molecule has 0 aliphatic carbocycles. The average Bonchev–Trinajstić information content (AvgIpc) is 2.79. The normalized spacial score (nSPS) is 20.8. The van der Waals surface area contributed by atoms with Gasteiger partial charge in [0.2, 0.25) is 0 Å². The Hall–Kier alpha value is -2.60. The summed E-state index contributed by atoms with van der Waals surface area (Å²) in [5.74, 6) is 1.05. The summed E-state index contributed by atoms with van der Waals surface area (Å²) >= 11 is 0. The van der Waals surface area contributed by atoms with Crippen molar-refractivity contribution in [2.45, 2.75) is 57.7 Å². The second kappa shape index (κ2) is 10.1. The summed E-state index contributed by atoms with van der Waals surface area (Å²) < 4.78 is 25.3. The van der Waals surface area contributed by atoms with Gasteiger partial charge in [0.15, 0.2) is 0 Å². The fourth-order valence-electron chi connectivity index (χ4n) is 4.73. The number of halogens is 1. The van der Waals surface area contributed by atoms with Gasteiger partial charge in [0.1, 0.15) is 17.2 Å². The van der Waals surface area contributed by atoms with E-state index >= 15 is 0 Å². The molecule has 33 heavy (non-hydrogen) atoms. The Balaban J connectivity index is 1.51. The maximum absolute atomic E-state index is 13.4. The van der Waals surface area contributed by atoms with Crippen LogP contribution < -0.4 is 4.74 Å². The Morgan fingerprint density at radius 3 is 2.33 bits per heavy atom. The van der Waals surface area contributed by atoms with Crippen LogP contribution in [0.4, 0.5) is 9.18 Å². The topological polar surface area (TPSA) is 42.0 Å². The number of carbonyl (C=O) groups is 1. The molecule has 1 atom stereocenters. The molecule has 0 aromatic heterocycles. The molecule has 4 rings (SSSR count). The van der Waals surface area contributed by atoms with Crippen molar-refractivity contribution in [3.05, 3.63) is 65.5 Å². The highest BCUT2D eigenvalue weighted by Gasteiger charge is 2.46. The number of amides is 1. The van der Waals surface area contributed by atoms with Gasteiger partial charge in [-0.3, -0.25) is 0 Å². The molecule has 1 spiro atoms. The van der Waals surface area contributed by atoms with Crippen LogP contribution in [0.25, 0.3) is 0 Å². The third-order valence-corrected chi connectivity index (χ3v) is 6.73. The zero-order valence-electron chi connectivity index (χ0n) is 19.9. The molecule has 2 aliphatic rings. The molecule has 0 N–H and O–H groups in total. The maximum Gasteiger partial charge on any atom is 0.410 e. The molecule has 2 saturated heterocycles. The Morgan fingerprint density at radius 2 is 1.70 bits per heavy atom. The fourth-order valence-corrected chi connectivity index (χ4v) is 4.73. The van der Waals surface area contributed by atoms with E-state index in [0.29, 0.717) is 25.5 Å². The second-order valence-electron chi connectivity index (χ2n) is 10.0. The van der Waals surface area contributed by atoms with Crippen LogP contribution >= 0.6 is 0 Å². The van der Waals surface area contributed by atoms with Gasteiger partial charge in [-0.05, 0) is 54.8 Å². The second-order valence-corrected chi connectivity index (χ2v) is 10.0. The van der Waals surface area contributed by atoms with E-state index in [-0.39, 0.29) is 18.0 Å². The summed E-state index contributed by atoms with van der Waals surface area (Å²) in [6.45, 7) is 7.24. The third kappa shape index (κ3) is 6.05. The van der Waals surface area contributed by atoms with Crippen LogP contribution in [0.3, 0.4) is 0 Å². The number of hydrogen-bond acceptors (Lipinski definition) is 4. The number of likely N-dealkylation sites (tertiary alicyclic amines) is 1. The standard InChI is InChI=1S/C27H35FN2O3/c1-20(2)19-32-25-10-6-22(7-11-25)18-30-24(16-21-4-8-23(28)9-5-21)17-27(33-26(30)31)12-14-29(3)15-13-27/h4-11,20,24H,12-19H2,1-3H3. The number of piperidine rings is 1. The highest BCUT2D eigenvalue weighted by atomic mass is 19.1. The van der Waals surface area contributed by atoms with Gasteiger partial charge in [0, 0.05) is 44.9 Å². The van der Waals surface area contributed by atoms with Gasteiger partial charge < -0.3 is 19.3 Å². The molecular formula is C27H35FN2O3. The van der Waals surface area contributed by atoms with Crippen LogP contribution in [-0.2, 0) is 17.7 Å². The molecule has 2 aromatic carbocycles.